The van der Waals surface area contributed by atoms with E-state index in [0.717, 1.165) is 16.9 Å². The molecule has 0 bridgehead atoms. The van der Waals surface area contributed by atoms with Crippen molar-refractivity contribution >= 4 is 28.8 Å². The van der Waals surface area contributed by atoms with Gasteiger partial charge in [0.05, 0.1) is 28.5 Å². The lowest BCUT2D eigenvalue weighted by Crippen LogP contribution is -2.01. The summed E-state index contributed by atoms with van der Waals surface area (Å²) in [6.07, 6.45) is 2.53. The summed E-state index contributed by atoms with van der Waals surface area (Å²) in [4.78, 5) is 4.42. The van der Waals surface area contributed by atoms with Crippen molar-refractivity contribution in [2.75, 3.05) is 7.11 Å². The number of benzene rings is 2. The number of rotatable bonds is 6. The van der Waals surface area contributed by atoms with Crippen molar-refractivity contribution in [1.82, 2.24) is 14.6 Å². The molecule has 0 amide bonds. The molecule has 4 rings (SSSR count). The third-order valence-electron chi connectivity index (χ3n) is 4.24. The van der Waals surface area contributed by atoms with Crippen LogP contribution in [0.3, 0.4) is 0 Å². The van der Waals surface area contributed by atoms with Crippen LogP contribution in [0.2, 0.25) is 10.0 Å². The first-order chi connectivity index (χ1) is 13.6. The number of hydrogen-bond donors (Lipinski definition) is 0. The summed E-state index contributed by atoms with van der Waals surface area (Å²) in [5.41, 5.74) is 4.03. The summed E-state index contributed by atoms with van der Waals surface area (Å²) < 4.78 is 12.8. The van der Waals surface area contributed by atoms with Crippen LogP contribution in [0.1, 0.15) is 16.8 Å². The number of halogens is 2. The number of hydrogen-bond acceptors (Lipinski definition) is 4. The summed E-state index contributed by atoms with van der Waals surface area (Å²) in [6, 6.07) is 17.0. The molecule has 2 aromatic heterocycles. The lowest BCUT2D eigenvalue weighted by atomic mass is 10.1. The third-order valence-corrected chi connectivity index (χ3v) is 4.98. The molecule has 0 atom stereocenters. The van der Waals surface area contributed by atoms with Gasteiger partial charge in [-0.25, -0.2) is 9.50 Å². The van der Waals surface area contributed by atoms with E-state index in [1.54, 1.807) is 35.9 Å². The third kappa shape index (κ3) is 4.12. The predicted octanol–water partition coefficient (Wildman–Crippen LogP) is 5.57. The molecule has 0 aliphatic carbocycles. The molecular formula is C21H17Cl2N3O2. The zero-order chi connectivity index (χ0) is 19.5. The Labute approximate surface area is 172 Å². The van der Waals surface area contributed by atoms with Crippen molar-refractivity contribution in [2.45, 2.75) is 13.0 Å². The van der Waals surface area contributed by atoms with E-state index >= 15 is 0 Å². The lowest BCUT2D eigenvalue weighted by Gasteiger charge is -2.07. The smallest absolute Gasteiger partial charge is 0.237 e. The highest BCUT2D eigenvalue weighted by molar-refractivity contribution is 6.42. The quantitative estimate of drug-likeness (QED) is 0.414. The minimum atomic E-state index is 0.431. The van der Waals surface area contributed by atoms with E-state index in [9.17, 15) is 0 Å². The van der Waals surface area contributed by atoms with Crippen molar-refractivity contribution in [3.05, 3.63) is 87.7 Å². The second kappa shape index (κ2) is 8.19. The first-order valence-corrected chi connectivity index (χ1v) is 9.41. The van der Waals surface area contributed by atoms with Gasteiger partial charge in [0.15, 0.2) is 5.65 Å². The van der Waals surface area contributed by atoms with Crippen LogP contribution in [-0.2, 0) is 17.8 Å². The van der Waals surface area contributed by atoms with Gasteiger partial charge in [-0.15, -0.1) is 5.10 Å². The van der Waals surface area contributed by atoms with Crippen LogP contribution in [0.4, 0.5) is 0 Å². The molecule has 0 fully saturated rings. The number of aromatic nitrogens is 3. The van der Waals surface area contributed by atoms with Gasteiger partial charge in [-0.05, 0) is 29.3 Å². The highest BCUT2D eigenvalue weighted by atomic mass is 35.5. The first kappa shape index (κ1) is 18.7. The molecule has 4 aromatic rings. The first-order valence-electron chi connectivity index (χ1n) is 8.66. The van der Waals surface area contributed by atoms with Gasteiger partial charge >= 0.3 is 0 Å². The minimum Gasteiger partial charge on any atom is -0.438 e. The van der Waals surface area contributed by atoms with E-state index in [0.29, 0.717) is 34.7 Å². The lowest BCUT2D eigenvalue weighted by molar-refractivity contribution is 0.185. The highest BCUT2D eigenvalue weighted by Gasteiger charge is 2.09. The monoisotopic (exact) mass is 413 g/mol. The Bertz CT molecular complexity index is 1110. The second-order valence-corrected chi connectivity index (χ2v) is 7.11. The van der Waals surface area contributed by atoms with E-state index < -0.39 is 0 Å². The van der Waals surface area contributed by atoms with Crippen LogP contribution < -0.4 is 4.74 Å². The van der Waals surface area contributed by atoms with Crippen molar-refractivity contribution < 1.29 is 9.47 Å². The Morgan fingerprint density at radius 2 is 1.71 bits per heavy atom. The zero-order valence-electron chi connectivity index (χ0n) is 15.1. The summed E-state index contributed by atoms with van der Waals surface area (Å²) >= 11 is 12.0. The molecule has 0 saturated carbocycles. The summed E-state index contributed by atoms with van der Waals surface area (Å²) in [5.74, 6) is 1.01. The summed E-state index contributed by atoms with van der Waals surface area (Å²) in [7, 11) is 1.69. The molecule has 28 heavy (non-hydrogen) atoms. The van der Waals surface area contributed by atoms with Crippen LogP contribution in [0.5, 0.6) is 11.6 Å². The molecule has 0 radical (unpaired) electrons. The molecule has 0 N–H and O–H groups in total. The van der Waals surface area contributed by atoms with Gasteiger partial charge in [-0.3, -0.25) is 0 Å². The van der Waals surface area contributed by atoms with E-state index in [1.165, 1.54) is 5.56 Å². The maximum atomic E-state index is 6.05. The molecule has 7 heteroatoms. The fourth-order valence-electron chi connectivity index (χ4n) is 2.87. The SMILES string of the molecule is COCc1ccc(Cc2cnc3ccc(Oc4ccc(Cl)c(Cl)c4)nn23)cc1. The van der Waals surface area contributed by atoms with E-state index in [-0.39, 0.29) is 0 Å². The van der Waals surface area contributed by atoms with Gasteiger partial charge in [0.2, 0.25) is 5.88 Å². The van der Waals surface area contributed by atoms with Crippen LogP contribution in [0.25, 0.3) is 5.65 Å². The highest BCUT2D eigenvalue weighted by Crippen LogP contribution is 2.29. The normalized spacial score (nSPS) is 11.1. The Kier molecular flexibility index (Phi) is 5.48. The Morgan fingerprint density at radius 1 is 0.929 bits per heavy atom. The van der Waals surface area contributed by atoms with E-state index in [1.807, 2.05) is 12.3 Å². The van der Waals surface area contributed by atoms with Crippen LogP contribution in [-0.4, -0.2) is 21.7 Å². The summed E-state index contributed by atoms with van der Waals surface area (Å²) in [5, 5.41) is 5.47. The van der Waals surface area contributed by atoms with Gasteiger partial charge < -0.3 is 9.47 Å². The maximum absolute atomic E-state index is 6.05. The topological polar surface area (TPSA) is 48.7 Å². The largest absolute Gasteiger partial charge is 0.438 e. The zero-order valence-corrected chi connectivity index (χ0v) is 16.6. The van der Waals surface area contributed by atoms with Crippen molar-refractivity contribution in [3.63, 3.8) is 0 Å². The molecule has 2 heterocycles. The van der Waals surface area contributed by atoms with Crippen molar-refractivity contribution in [1.29, 1.82) is 0 Å². The standard InChI is InChI=1S/C21H17Cl2N3O2/c1-27-13-15-4-2-14(3-5-15)10-16-12-24-20-8-9-21(25-26(16)20)28-17-6-7-18(22)19(23)11-17/h2-9,11-12H,10,13H2,1H3. The van der Waals surface area contributed by atoms with Gasteiger partial charge in [0.1, 0.15) is 5.75 Å². The fraction of sp³-hybridized carbons (Fsp3) is 0.143. The number of methoxy groups -OCH3 is 1. The Balaban J connectivity index is 1.58. The van der Waals surface area contributed by atoms with Crippen LogP contribution in [0, 0.1) is 0 Å². The number of fused-ring (bicyclic) bond motifs is 1. The molecule has 0 spiro atoms. The van der Waals surface area contributed by atoms with Crippen LogP contribution >= 0.6 is 23.2 Å². The maximum Gasteiger partial charge on any atom is 0.237 e. The number of ether oxygens (including phenoxy) is 2. The van der Waals surface area contributed by atoms with Crippen molar-refractivity contribution in [3.8, 4) is 11.6 Å². The molecule has 0 aliphatic heterocycles. The van der Waals surface area contributed by atoms with Gasteiger partial charge in [-0.1, -0.05) is 47.5 Å². The molecular weight excluding hydrogens is 397 g/mol. The molecule has 0 unspecified atom stereocenters. The average Bonchev–Trinajstić information content (AvgIpc) is 3.09. The second-order valence-electron chi connectivity index (χ2n) is 6.30. The molecule has 5 nitrogen and oxygen atoms in total. The Morgan fingerprint density at radius 3 is 2.46 bits per heavy atom. The molecule has 0 aliphatic rings. The molecule has 0 saturated heterocycles. The van der Waals surface area contributed by atoms with Crippen molar-refractivity contribution in [2.24, 2.45) is 0 Å². The minimum absolute atomic E-state index is 0.431. The Hall–Kier alpha value is -2.60. The number of imidazole rings is 1. The molecule has 142 valence electrons. The summed E-state index contributed by atoms with van der Waals surface area (Å²) in [6.45, 7) is 0.604. The average molecular weight is 414 g/mol. The number of nitrogens with zero attached hydrogens (tertiary/aromatic N) is 3. The van der Waals surface area contributed by atoms with E-state index in [2.05, 4.69) is 34.3 Å². The van der Waals surface area contributed by atoms with Crippen LogP contribution in [0.15, 0.2) is 60.8 Å². The predicted molar refractivity (Wildman–Crippen MR) is 109 cm³/mol. The fourth-order valence-corrected chi connectivity index (χ4v) is 3.16. The van der Waals surface area contributed by atoms with Gasteiger partial charge in [-0.2, -0.15) is 0 Å². The van der Waals surface area contributed by atoms with E-state index in [4.69, 9.17) is 32.7 Å². The molecule has 2 aromatic carbocycles. The van der Waals surface area contributed by atoms with Gasteiger partial charge in [0, 0.05) is 25.7 Å². The van der Waals surface area contributed by atoms with Gasteiger partial charge in [0.25, 0.3) is 0 Å².